The summed E-state index contributed by atoms with van der Waals surface area (Å²) >= 11 is 0. The maximum atomic E-state index is 10.6. The minimum absolute atomic E-state index is 0.231. The Labute approximate surface area is 94.6 Å². The van der Waals surface area contributed by atoms with Crippen LogP contribution in [0.2, 0.25) is 0 Å². The van der Waals surface area contributed by atoms with Gasteiger partial charge >= 0.3 is 0 Å². The molecule has 0 N–H and O–H groups in total. The van der Waals surface area contributed by atoms with Crippen molar-refractivity contribution in [2.75, 3.05) is 0 Å². The van der Waals surface area contributed by atoms with Gasteiger partial charge < -0.3 is 4.74 Å². The van der Waals surface area contributed by atoms with Crippen LogP contribution in [-0.4, -0.2) is 12.4 Å². The quantitative estimate of drug-likeness (QED) is 0.728. The van der Waals surface area contributed by atoms with Gasteiger partial charge in [-0.3, -0.25) is 4.79 Å². The van der Waals surface area contributed by atoms with E-state index in [9.17, 15) is 4.79 Å². The number of carbonyl (C=O) groups is 1. The number of aldehydes is 1. The fourth-order valence-electron chi connectivity index (χ4n) is 2.00. The van der Waals surface area contributed by atoms with Gasteiger partial charge in [0.1, 0.15) is 18.1 Å². The van der Waals surface area contributed by atoms with E-state index >= 15 is 0 Å². The van der Waals surface area contributed by atoms with Crippen molar-refractivity contribution in [1.29, 1.82) is 5.26 Å². The maximum Gasteiger partial charge on any atom is 0.150 e. The van der Waals surface area contributed by atoms with Gasteiger partial charge in [0.05, 0.1) is 11.7 Å². The topological polar surface area (TPSA) is 50.1 Å². The number of hydrogen-bond donors (Lipinski definition) is 0. The van der Waals surface area contributed by atoms with Crippen LogP contribution in [0, 0.1) is 11.3 Å². The van der Waals surface area contributed by atoms with Gasteiger partial charge in [0, 0.05) is 5.56 Å². The van der Waals surface area contributed by atoms with Crippen LogP contribution < -0.4 is 4.74 Å². The van der Waals surface area contributed by atoms with Crippen molar-refractivity contribution < 1.29 is 9.53 Å². The zero-order chi connectivity index (χ0) is 11.4. The van der Waals surface area contributed by atoms with E-state index in [1.807, 2.05) is 0 Å². The van der Waals surface area contributed by atoms with Crippen molar-refractivity contribution in [3.05, 3.63) is 29.3 Å². The van der Waals surface area contributed by atoms with Gasteiger partial charge in [-0.15, -0.1) is 0 Å². The summed E-state index contributed by atoms with van der Waals surface area (Å²) in [5.41, 5.74) is 0.951. The van der Waals surface area contributed by atoms with Crippen molar-refractivity contribution in [3.63, 3.8) is 0 Å². The molecule has 0 amide bonds. The first kappa shape index (κ1) is 10.7. The number of nitriles is 1. The largest absolute Gasteiger partial charge is 0.489 e. The lowest BCUT2D eigenvalue weighted by atomic mass is 10.1. The summed E-state index contributed by atoms with van der Waals surface area (Å²) in [6, 6.07) is 7.01. The zero-order valence-electron chi connectivity index (χ0n) is 8.98. The van der Waals surface area contributed by atoms with Gasteiger partial charge in [-0.05, 0) is 43.9 Å². The number of carbonyl (C=O) groups excluding carboxylic acids is 1. The molecule has 1 aliphatic rings. The third-order valence-corrected chi connectivity index (χ3v) is 2.86. The van der Waals surface area contributed by atoms with Crippen molar-refractivity contribution in [2.24, 2.45) is 0 Å². The number of nitrogens with zero attached hydrogens (tertiary/aromatic N) is 1. The molecule has 1 aliphatic carbocycles. The Bertz CT molecular complexity index is 428. The Hall–Kier alpha value is -1.82. The van der Waals surface area contributed by atoms with Crippen LogP contribution in [0.3, 0.4) is 0 Å². The summed E-state index contributed by atoms with van der Waals surface area (Å²) in [4.78, 5) is 10.6. The molecule has 0 unspecified atom stereocenters. The monoisotopic (exact) mass is 215 g/mol. The lowest BCUT2D eigenvalue weighted by Crippen LogP contribution is -2.11. The van der Waals surface area contributed by atoms with E-state index in [1.165, 1.54) is 12.8 Å². The Morgan fingerprint density at radius 3 is 2.75 bits per heavy atom. The van der Waals surface area contributed by atoms with Crippen molar-refractivity contribution >= 4 is 6.29 Å². The molecule has 1 aromatic carbocycles. The highest BCUT2D eigenvalue weighted by Gasteiger charge is 2.17. The van der Waals surface area contributed by atoms with Crippen LogP contribution >= 0.6 is 0 Å². The summed E-state index contributed by atoms with van der Waals surface area (Å²) in [6.07, 6.45) is 5.47. The van der Waals surface area contributed by atoms with Gasteiger partial charge in [0.15, 0.2) is 0 Å². The average molecular weight is 215 g/mol. The van der Waals surface area contributed by atoms with E-state index in [0.717, 1.165) is 19.1 Å². The normalized spacial score (nSPS) is 15.7. The molecule has 0 bridgehead atoms. The number of benzene rings is 1. The first-order valence-electron chi connectivity index (χ1n) is 5.49. The predicted octanol–water partition coefficient (Wildman–Crippen LogP) is 2.69. The molecule has 2 rings (SSSR count). The van der Waals surface area contributed by atoms with Gasteiger partial charge in [-0.25, -0.2) is 0 Å². The fraction of sp³-hybridized carbons (Fsp3) is 0.385. The van der Waals surface area contributed by atoms with Crippen molar-refractivity contribution in [2.45, 2.75) is 31.8 Å². The summed E-state index contributed by atoms with van der Waals surface area (Å²) in [6.45, 7) is 0. The molecule has 3 heteroatoms. The second kappa shape index (κ2) is 4.80. The third kappa shape index (κ3) is 2.22. The minimum atomic E-state index is 0.231. The van der Waals surface area contributed by atoms with Gasteiger partial charge in [-0.2, -0.15) is 5.26 Å². The van der Waals surface area contributed by atoms with Crippen LogP contribution in [-0.2, 0) is 0 Å². The Morgan fingerprint density at radius 2 is 2.12 bits per heavy atom. The van der Waals surface area contributed by atoms with E-state index in [0.29, 0.717) is 16.9 Å². The van der Waals surface area contributed by atoms with Crippen LogP contribution in [0.1, 0.15) is 41.6 Å². The molecule has 0 aromatic heterocycles. The highest BCUT2D eigenvalue weighted by atomic mass is 16.5. The van der Waals surface area contributed by atoms with Crippen LogP contribution in [0.4, 0.5) is 0 Å². The van der Waals surface area contributed by atoms with Crippen LogP contribution in [0.5, 0.6) is 5.75 Å². The Kier molecular flexibility index (Phi) is 3.21. The van der Waals surface area contributed by atoms with E-state index in [1.54, 1.807) is 18.2 Å². The van der Waals surface area contributed by atoms with E-state index in [4.69, 9.17) is 10.00 Å². The first-order valence-corrected chi connectivity index (χ1v) is 5.49. The standard InChI is InChI=1S/C13H13NO2/c14-8-11-7-10(9-15)5-6-13(11)16-12-3-1-2-4-12/h5-7,9,12H,1-4H2. The highest BCUT2D eigenvalue weighted by molar-refractivity contribution is 5.76. The number of ether oxygens (including phenoxy) is 1. The molecule has 0 spiro atoms. The fourth-order valence-corrected chi connectivity index (χ4v) is 2.00. The van der Waals surface area contributed by atoms with Gasteiger partial charge in [0.25, 0.3) is 0 Å². The molecule has 16 heavy (non-hydrogen) atoms. The summed E-state index contributed by atoms with van der Waals surface area (Å²) in [7, 11) is 0. The van der Waals surface area contributed by atoms with Crippen LogP contribution in [0.15, 0.2) is 18.2 Å². The zero-order valence-corrected chi connectivity index (χ0v) is 8.98. The Morgan fingerprint density at radius 1 is 1.38 bits per heavy atom. The molecule has 0 aliphatic heterocycles. The number of rotatable bonds is 3. The lowest BCUT2D eigenvalue weighted by molar-refractivity contribution is 0.112. The summed E-state index contributed by atoms with van der Waals surface area (Å²) in [5.74, 6) is 0.597. The van der Waals surface area contributed by atoms with Crippen molar-refractivity contribution in [1.82, 2.24) is 0 Å². The molecule has 0 atom stereocenters. The molecule has 1 saturated carbocycles. The van der Waals surface area contributed by atoms with Gasteiger partial charge in [-0.1, -0.05) is 0 Å². The van der Waals surface area contributed by atoms with Crippen LogP contribution in [0.25, 0.3) is 0 Å². The molecular weight excluding hydrogens is 202 g/mol. The minimum Gasteiger partial charge on any atom is -0.489 e. The van der Waals surface area contributed by atoms with E-state index < -0.39 is 0 Å². The SMILES string of the molecule is N#Cc1cc(C=O)ccc1OC1CCCC1. The summed E-state index contributed by atoms with van der Waals surface area (Å²) < 4.78 is 5.76. The highest BCUT2D eigenvalue weighted by Crippen LogP contribution is 2.26. The predicted molar refractivity (Wildman–Crippen MR) is 59.4 cm³/mol. The maximum absolute atomic E-state index is 10.6. The molecule has 0 radical (unpaired) electrons. The summed E-state index contributed by atoms with van der Waals surface area (Å²) in [5, 5.41) is 8.97. The second-order valence-electron chi connectivity index (χ2n) is 4.01. The molecule has 3 nitrogen and oxygen atoms in total. The van der Waals surface area contributed by atoms with Gasteiger partial charge in [0.2, 0.25) is 0 Å². The number of hydrogen-bond acceptors (Lipinski definition) is 3. The molecular formula is C13H13NO2. The first-order chi connectivity index (χ1) is 7.83. The lowest BCUT2D eigenvalue weighted by Gasteiger charge is -2.14. The second-order valence-corrected chi connectivity index (χ2v) is 4.01. The molecule has 1 fully saturated rings. The molecule has 1 aromatic rings. The smallest absolute Gasteiger partial charge is 0.150 e. The Balaban J connectivity index is 2.19. The molecule has 82 valence electrons. The third-order valence-electron chi connectivity index (χ3n) is 2.86. The molecule has 0 heterocycles. The van der Waals surface area contributed by atoms with Crippen molar-refractivity contribution in [3.8, 4) is 11.8 Å². The average Bonchev–Trinajstić information content (AvgIpc) is 2.82. The van der Waals surface area contributed by atoms with E-state index in [-0.39, 0.29) is 6.10 Å². The molecule has 0 saturated heterocycles. The van der Waals surface area contributed by atoms with E-state index in [2.05, 4.69) is 6.07 Å².